The van der Waals surface area contributed by atoms with Crippen LogP contribution >= 0.6 is 0 Å². The molecule has 3 nitrogen and oxygen atoms in total. The zero-order valence-electron chi connectivity index (χ0n) is 9.79. The second-order valence-corrected chi connectivity index (χ2v) is 3.97. The summed E-state index contributed by atoms with van der Waals surface area (Å²) in [5, 5.41) is 3.29. The maximum Gasteiger partial charge on any atom is 0.168 e. The summed E-state index contributed by atoms with van der Waals surface area (Å²) >= 11 is 0. The van der Waals surface area contributed by atoms with Gasteiger partial charge in [0.25, 0.3) is 0 Å². The quantitative estimate of drug-likeness (QED) is 0.780. The first-order chi connectivity index (χ1) is 7.24. The average molecular weight is 208 g/mol. The number of nitrogens with one attached hydrogen (secondary N) is 1. The van der Waals surface area contributed by atoms with Gasteiger partial charge in [-0.05, 0) is 24.5 Å². The molecule has 15 heavy (non-hydrogen) atoms. The third-order valence-corrected chi connectivity index (χ3v) is 1.91. The molecule has 84 valence electrons. The molecule has 3 heteroatoms. The summed E-state index contributed by atoms with van der Waals surface area (Å²) in [6.07, 6.45) is 2.79. The van der Waals surface area contributed by atoms with Gasteiger partial charge in [0, 0.05) is 12.7 Å². The lowest BCUT2D eigenvalue weighted by Crippen LogP contribution is -2.10. The lowest BCUT2D eigenvalue weighted by Gasteiger charge is -2.12. The van der Waals surface area contributed by atoms with Crippen molar-refractivity contribution in [2.45, 2.75) is 27.2 Å². The Morgan fingerprint density at radius 3 is 2.93 bits per heavy atom. The fraction of sp³-hybridized carbons (Fsp3) is 0.583. The molecule has 0 amide bonds. The highest BCUT2D eigenvalue weighted by Gasteiger charge is 2.03. The molecule has 1 aromatic rings. The maximum atomic E-state index is 5.59. The van der Waals surface area contributed by atoms with Gasteiger partial charge in [0.1, 0.15) is 0 Å². The van der Waals surface area contributed by atoms with E-state index in [0.717, 1.165) is 31.1 Å². The van der Waals surface area contributed by atoms with Gasteiger partial charge in [0.15, 0.2) is 11.6 Å². The van der Waals surface area contributed by atoms with E-state index in [4.69, 9.17) is 4.74 Å². The highest BCUT2D eigenvalue weighted by Crippen LogP contribution is 2.21. The van der Waals surface area contributed by atoms with Gasteiger partial charge in [0.2, 0.25) is 0 Å². The first-order valence-corrected chi connectivity index (χ1v) is 5.55. The standard InChI is InChI=1S/C12H20N2O/c1-4-8-15-11-6-5-7-13-12(11)14-9-10(2)3/h5-7,10H,4,8-9H2,1-3H3,(H,13,14). The second kappa shape index (κ2) is 6.27. The van der Waals surface area contributed by atoms with Crippen LogP contribution in [0, 0.1) is 5.92 Å². The Morgan fingerprint density at radius 2 is 2.27 bits per heavy atom. The molecule has 0 aliphatic carbocycles. The van der Waals surface area contributed by atoms with Crippen LogP contribution in [0.25, 0.3) is 0 Å². The number of ether oxygens (including phenoxy) is 1. The van der Waals surface area contributed by atoms with Gasteiger partial charge in [-0.15, -0.1) is 0 Å². The summed E-state index contributed by atoms with van der Waals surface area (Å²) in [4.78, 5) is 4.27. The molecule has 1 rings (SSSR count). The van der Waals surface area contributed by atoms with Gasteiger partial charge in [-0.1, -0.05) is 20.8 Å². The smallest absolute Gasteiger partial charge is 0.168 e. The van der Waals surface area contributed by atoms with Crippen molar-refractivity contribution in [3.63, 3.8) is 0 Å². The molecular weight excluding hydrogens is 188 g/mol. The molecule has 0 radical (unpaired) electrons. The molecule has 0 saturated heterocycles. The normalized spacial score (nSPS) is 10.4. The summed E-state index contributed by atoms with van der Waals surface area (Å²) in [5.74, 6) is 2.30. The molecule has 0 aromatic carbocycles. The Balaban J connectivity index is 2.59. The van der Waals surface area contributed by atoms with Gasteiger partial charge >= 0.3 is 0 Å². The number of anilines is 1. The zero-order valence-corrected chi connectivity index (χ0v) is 9.79. The van der Waals surface area contributed by atoms with Gasteiger partial charge in [-0.3, -0.25) is 0 Å². The van der Waals surface area contributed by atoms with Crippen LogP contribution in [0.1, 0.15) is 27.2 Å². The van der Waals surface area contributed by atoms with Crippen molar-refractivity contribution >= 4 is 5.82 Å². The van der Waals surface area contributed by atoms with Crippen LogP contribution < -0.4 is 10.1 Å². The minimum atomic E-state index is 0.603. The SMILES string of the molecule is CCCOc1cccnc1NCC(C)C. The van der Waals surface area contributed by atoms with Crippen molar-refractivity contribution in [1.82, 2.24) is 4.98 Å². The lowest BCUT2D eigenvalue weighted by atomic mass is 10.2. The minimum Gasteiger partial charge on any atom is -0.490 e. The van der Waals surface area contributed by atoms with Crippen LogP contribution in [-0.2, 0) is 0 Å². The van der Waals surface area contributed by atoms with Crippen LogP contribution in [0.2, 0.25) is 0 Å². The predicted octanol–water partition coefficient (Wildman–Crippen LogP) is 2.94. The van der Waals surface area contributed by atoms with Crippen molar-refractivity contribution in [2.24, 2.45) is 5.92 Å². The largest absolute Gasteiger partial charge is 0.490 e. The number of pyridine rings is 1. The van der Waals surface area contributed by atoms with Crippen LogP contribution in [-0.4, -0.2) is 18.1 Å². The highest BCUT2D eigenvalue weighted by atomic mass is 16.5. The van der Waals surface area contributed by atoms with E-state index in [0.29, 0.717) is 5.92 Å². The predicted molar refractivity (Wildman–Crippen MR) is 63.4 cm³/mol. The number of hydrogen-bond acceptors (Lipinski definition) is 3. The van der Waals surface area contributed by atoms with E-state index in [1.54, 1.807) is 6.20 Å². The van der Waals surface area contributed by atoms with Gasteiger partial charge in [-0.25, -0.2) is 4.98 Å². The molecule has 1 N–H and O–H groups in total. The molecule has 0 fully saturated rings. The fourth-order valence-electron chi connectivity index (χ4n) is 1.15. The molecule has 0 bridgehead atoms. The molecule has 1 heterocycles. The second-order valence-electron chi connectivity index (χ2n) is 3.97. The van der Waals surface area contributed by atoms with Crippen molar-refractivity contribution < 1.29 is 4.74 Å². The summed E-state index contributed by atoms with van der Waals surface area (Å²) in [6.45, 7) is 8.09. The Morgan fingerprint density at radius 1 is 1.47 bits per heavy atom. The number of hydrogen-bond donors (Lipinski definition) is 1. The van der Waals surface area contributed by atoms with Crippen molar-refractivity contribution in [3.8, 4) is 5.75 Å². The zero-order chi connectivity index (χ0) is 11.1. The number of nitrogens with zero attached hydrogens (tertiary/aromatic N) is 1. The Labute approximate surface area is 91.9 Å². The fourth-order valence-corrected chi connectivity index (χ4v) is 1.15. The molecule has 0 unspecified atom stereocenters. The molecule has 0 atom stereocenters. The Bertz CT molecular complexity index is 287. The first kappa shape index (κ1) is 11.8. The topological polar surface area (TPSA) is 34.1 Å². The van der Waals surface area contributed by atoms with Crippen molar-refractivity contribution in [3.05, 3.63) is 18.3 Å². The van der Waals surface area contributed by atoms with Crippen LogP contribution in [0.3, 0.4) is 0 Å². The third kappa shape index (κ3) is 4.19. The first-order valence-electron chi connectivity index (χ1n) is 5.55. The van der Waals surface area contributed by atoms with Gasteiger partial charge < -0.3 is 10.1 Å². The van der Waals surface area contributed by atoms with Crippen molar-refractivity contribution in [2.75, 3.05) is 18.5 Å². The highest BCUT2D eigenvalue weighted by molar-refractivity contribution is 5.49. The number of rotatable bonds is 6. The van der Waals surface area contributed by atoms with E-state index in [1.807, 2.05) is 12.1 Å². The summed E-state index contributed by atoms with van der Waals surface area (Å²) in [7, 11) is 0. The van der Waals surface area contributed by atoms with E-state index >= 15 is 0 Å². The maximum absolute atomic E-state index is 5.59. The average Bonchev–Trinajstić information content (AvgIpc) is 2.24. The van der Waals surface area contributed by atoms with Crippen LogP contribution in [0.4, 0.5) is 5.82 Å². The Kier molecular flexibility index (Phi) is 4.95. The van der Waals surface area contributed by atoms with Crippen molar-refractivity contribution in [1.29, 1.82) is 0 Å². The third-order valence-electron chi connectivity index (χ3n) is 1.91. The van der Waals surface area contributed by atoms with Gasteiger partial charge in [-0.2, -0.15) is 0 Å². The molecule has 0 saturated carbocycles. The van der Waals surface area contributed by atoms with E-state index in [9.17, 15) is 0 Å². The number of aromatic nitrogens is 1. The Hall–Kier alpha value is -1.25. The van der Waals surface area contributed by atoms with Gasteiger partial charge in [0.05, 0.1) is 6.61 Å². The summed E-state index contributed by atoms with van der Waals surface area (Å²) < 4.78 is 5.59. The molecule has 0 aliphatic rings. The summed E-state index contributed by atoms with van der Waals surface area (Å²) in [6, 6.07) is 3.84. The van der Waals surface area contributed by atoms with E-state index < -0.39 is 0 Å². The lowest BCUT2D eigenvalue weighted by molar-refractivity contribution is 0.317. The van der Waals surface area contributed by atoms with Crippen LogP contribution in [0.15, 0.2) is 18.3 Å². The van der Waals surface area contributed by atoms with E-state index in [2.05, 4.69) is 31.1 Å². The molecule has 0 aliphatic heterocycles. The molecular formula is C12H20N2O. The monoisotopic (exact) mass is 208 g/mol. The van der Waals surface area contributed by atoms with Crippen LogP contribution in [0.5, 0.6) is 5.75 Å². The minimum absolute atomic E-state index is 0.603. The molecule has 0 spiro atoms. The van der Waals surface area contributed by atoms with E-state index in [1.165, 1.54) is 0 Å². The molecule has 1 aromatic heterocycles. The van der Waals surface area contributed by atoms with E-state index in [-0.39, 0.29) is 0 Å². The summed E-state index contributed by atoms with van der Waals surface area (Å²) in [5.41, 5.74) is 0.